The zero-order valence-electron chi connectivity index (χ0n) is 39.2. The predicted molar refractivity (Wildman–Crippen MR) is 256 cm³/mol. The number of amides is 1. The number of carbonyl (C=O) groups excluding carboxylic acids is 2. The Balaban J connectivity index is 1.15. The number of rotatable bonds is 21. The summed E-state index contributed by atoms with van der Waals surface area (Å²) in [5.74, 6) is -1.30. The van der Waals surface area contributed by atoms with Gasteiger partial charge in [-0.05, 0) is 23.6 Å². The van der Waals surface area contributed by atoms with Crippen molar-refractivity contribution in [1.82, 2.24) is 34.0 Å². The van der Waals surface area contributed by atoms with Gasteiger partial charge in [0.25, 0.3) is 0 Å². The number of nitrogens with two attached hydrogens (primary N) is 2. The van der Waals surface area contributed by atoms with Crippen molar-refractivity contribution in [1.29, 1.82) is 0 Å². The van der Waals surface area contributed by atoms with E-state index in [1.54, 1.807) is 12.1 Å². The summed E-state index contributed by atoms with van der Waals surface area (Å²) < 4.78 is 79.1. The Bertz CT molecular complexity index is 2790. The maximum absolute atomic E-state index is 14.4. The number of hydrogen-bond donors (Lipinski definition) is 6. The highest BCUT2D eigenvalue weighted by Crippen LogP contribution is 2.51. The molecule has 398 valence electrons. The van der Waals surface area contributed by atoms with Crippen LogP contribution in [-0.4, -0.2) is 152 Å². The summed E-state index contributed by atoms with van der Waals surface area (Å²) in [6, 6.07) is 6.07. The third kappa shape index (κ3) is 14.5. The Kier molecular flexibility index (Phi) is 18.1. The molecule has 34 heteroatoms. The first-order valence-corrected chi connectivity index (χ1v) is 27.3. The van der Waals surface area contributed by atoms with Gasteiger partial charge in [0.15, 0.2) is 36.3 Å². The molecule has 3 saturated heterocycles. The molecule has 1 aromatic carbocycles. The van der Waals surface area contributed by atoms with Crippen LogP contribution in [0.3, 0.4) is 0 Å². The number of azide groups is 1. The summed E-state index contributed by atoms with van der Waals surface area (Å²) in [4.78, 5) is 91.4. The number of aliphatic hydroxyl groups is 1. The third-order valence-corrected chi connectivity index (χ3v) is 15.7. The van der Waals surface area contributed by atoms with Crippen LogP contribution in [0.4, 0.5) is 22.1 Å². The number of ether oxygens (including phenoxy) is 6. The Morgan fingerprint density at radius 2 is 1.73 bits per heavy atom. The summed E-state index contributed by atoms with van der Waals surface area (Å²) in [5, 5.41) is 15.5. The van der Waals surface area contributed by atoms with Gasteiger partial charge in [-0.15, -0.1) is 0 Å². The fraction of sp³-hybridized carbons (Fsp3) is 0.564. The predicted octanol–water partition coefficient (Wildman–Crippen LogP) is 3.21. The Hall–Kier alpha value is -4.98. The quantitative estimate of drug-likeness (QED) is 0.0174. The number of hydrogen-bond acceptors (Lipinski definition) is 24. The standard InChI is InChI=1S/C39H52N12O18P2S2/c1-39(2,3)73-72-17-22(49(4)38(55)62-14-20-7-9-21(10-8-20)47-48-42)36(53)68-29-23(65-34(28(29)52)51-19-45-27-32(41)43-18-44-33(27)51)16-64-71(59,60)69-30-24(15-63-70(56,57)58)66-35(31(30)67-26-6-5-13-61-26)50-12-11-25(40)46-37(50)54/h7-12,18-19,22-24,26,28-31,34-35,52H,5-6,13-17H2,1-4H3,(H,59,60)(H2,40,46,54)(H2,41,43,44)(H2,56,57,58)/t22?,23-,24+,26?,28+,29+,30+,31+,34+,35+/m0/s1. The van der Waals surface area contributed by atoms with E-state index in [1.807, 2.05) is 20.8 Å². The van der Waals surface area contributed by atoms with Gasteiger partial charge in [-0.3, -0.25) is 27.6 Å². The number of benzene rings is 1. The number of fused-ring (bicyclic) bond motifs is 1. The van der Waals surface area contributed by atoms with E-state index in [0.717, 1.165) is 15.8 Å². The summed E-state index contributed by atoms with van der Waals surface area (Å²) in [6.45, 7) is 3.90. The van der Waals surface area contributed by atoms with Gasteiger partial charge in [-0.2, -0.15) is 4.98 Å². The number of carbonyl (C=O) groups is 2. The molecular formula is C39H52N12O18P2S2. The van der Waals surface area contributed by atoms with Crippen molar-refractivity contribution >= 4 is 77.8 Å². The third-order valence-electron chi connectivity index (χ3n) is 10.9. The molecule has 6 heterocycles. The second-order valence-electron chi connectivity index (χ2n) is 17.3. The fourth-order valence-corrected chi connectivity index (χ4v) is 11.4. The number of anilines is 2. The molecule has 0 radical (unpaired) electrons. The second kappa shape index (κ2) is 23.7. The summed E-state index contributed by atoms with van der Waals surface area (Å²) in [5.41, 5.74) is 20.6. The van der Waals surface area contributed by atoms with Gasteiger partial charge in [0.1, 0.15) is 60.8 Å². The van der Waals surface area contributed by atoms with Gasteiger partial charge in [0.05, 0.1) is 19.5 Å². The van der Waals surface area contributed by atoms with Crippen molar-refractivity contribution in [3.63, 3.8) is 0 Å². The Labute approximate surface area is 422 Å². The highest BCUT2D eigenvalue weighted by Gasteiger charge is 2.54. The average Bonchev–Trinajstić information content (AvgIpc) is 4.13. The van der Waals surface area contributed by atoms with Crippen LogP contribution in [0, 0.1) is 0 Å². The minimum absolute atomic E-state index is 0.0204. The van der Waals surface area contributed by atoms with Gasteiger partial charge >= 0.3 is 33.4 Å². The van der Waals surface area contributed by atoms with E-state index in [1.165, 1.54) is 63.9 Å². The van der Waals surface area contributed by atoms with Gasteiger partial charge in [-0.1, -0.05) is 71.7 Å². The summed E-state index contributed by atoms with van der Waals surface area (Å²) >= 11 is 0. The average molecular weight is 1100 g/mol. The van der Waals surface area contributed by atoms with E-state index in [-0.39, 0.29) is 46.5 Å². The van der Waals surface area contributed by atoms with Crippen molar-refractivity contribution in [2.75, 3.05) is 44.1 Å². The normalized spacial score (nSPS) is 25.5. The molecule has 3 aromatic heterocycles. The molecule has 3 aliphatic heterocycles. The lowest BCUT2D eigenvalue weighted by Crippen LogP contribution is -2.48. The summed E-state index contributed by atoms with van der Waals surface area (Å²) in [6.07, 6.45) is -10.7. The number of imidazole rings is 1. The van der Waals surface area contributed by atoms with Crippen LogP contribution in [0.25, 0.3) is 21.6 Å². The van der Waals surface area contributed by atoms with Crippen LogP contribution in [0.1, 0.15) is 51.6 Å². The topological polar surface area (TPSA) is 415 Å². The Morgan fingerprint density at radius 1 is 1.01 bits per heavy atom. The van der Waals surface area contributed by atoms with Gasteiger partial charge in [0, 0.05) is 47.4 Å². The van der Waals surface area contributed by atoms with Crippen molar-refractivity contribution in [3.05, 3.63) is 75.7 Å². The van der Waals surface area contributed by atoms with Crippen molar-refractivity contribution in [3.8, 4) is 0 Å². The molecule has 0 saturated carbocycles. The number of aromatic nitrogens is 6. The number of nitrogen functional groups attached to an aromatic ring is 2. The number of nitrogens with zero attached hydrogens (tertiary/aromatic N) is 10. The minimum Gasteiger partial charge on any atom is -0.455 e. The van der Waals surface area contributed by atoms with E-state index in [2.05, 4.69) is 30.0 Å². The molecule has 11 atom stereocenters. The number of likely N-dealkylation sites (N-methyl/N-ethyl adjacent to an activating group) is 1. The largest absolute Gasteiger partial charge is 0.472 e. The number of phosphoric ester groups is 2. The molecule has 0 bridgehead atoms. The monoisotopic (exact) mass is 1100 g/mol. The first kappa shape index (κ1) is 55.8. The van der Waals surface area contributed by atoms with Crippen LogP contribution < -0.4 is 17.2 Å². The van der Waals surface area contributed by atoms with Crippen molar-refractivity contribution < 1.29 is 80.5 Å². The summed E-state index contributed by atoms with van der Waals surface area (Å²) in [7, 11) is -6.73. The maximum atomic E-state index is 14.4. The molecular weight excluding hydrogens is 1050 g/mol. The molecule has 7 rings (SSSR count). The first-order chi connectivity index (χ1) is 34.5. The molecule has 3 aliphatic rings. The number of aliphatic hydroxyl groups excluding tert-OH is 1. The Morgan fingerprint density at radius 3 is 2.40 bits per heavy atom. The highest BCUT2D eigenvalue weighted by atomic mass is 33.1. The van der Waals surface area contributed by atoms with Crippen LogP contribution in [0.5, 0.6) is 0 Å². The molecule has 3 unspecified atom stereocenters. The van der Waals surface area contributed by atoms with Gasteiger partial charge in [0.2, 0.25) is 0 Å². The molecule has 1 amide bonds. The molecule has 8 N–H and O–H groups in total. The molecule has 4 aromatic rings. The van der Waals surface area contributed by atoms with Crippen molar-refractivity contribution in [2.24, 2.45) is 5.11 Å². The van der Waals surface area contributed by atoms with Crippen LogP contribution in [0.2, 0.25) is 0 Å². The lowest BCUT2D eigenvalue weighted by Gasteiger charge is -2.30. The maximum Gasteiger partial charge on any atom is 0.472 e. The zero-order valence-corrected chi connectivity index (χ0v) is 42.6. The lowest BCUT2D eigenvalue weighted by molar-refractivity contribution is -0.181. The molecule has 3 fully saturated rings. The zero-order chi connectivity index (χ0) is 52.8. The van der Waals surface area contributed by atoms with E-state index in [4.69, 9.17) is 59.0 Å². The number of esters is 1. The van der Waals surface area contributed by atoms with E-state index in [9.17, 15) is 43.3 Å². The van der Waals surface area contributed by atoms with Crippen LogP contribution in [0.15, 0.2) is 59.1 Å². The minimum atomic E-state index is -5.47. The lowest BCUT2D eigenvalue weighted by atomic mass is 10.1. The van der Waals surface area contributed by atoms with Gasteiger partial charge < -0.3 is 59.7 Å². The SMILES string of the molecule is CN(C(=O)OCc1ccc(N=[N+]=[N-])cc1)C(CSSC(C)(C)C)C(=O)O[C@H]1[C@@H](O)[C@H](n2cnc3c(N)ncnc32)O[C@H]1COP(=O)(O)O[C@H]1[C@@H](OC2CCCO2)[C@H](n2ccc(N)nc2=O)O[C@@H]1COP(=O)(O)O. The van der Waals surface area contributed by atoms with Crippen molar-refractivity contribution in [2.45, 2.75) is 106 Å². The smallest absolute Gasteiger partial charge is 0.455 e. The van der Waals surface area contributed by atoms with Crippen LogP contribution >= 0.6 is 37.2 Å². The van der Waals surface area contributed by atoms with E-state index >= 15 is 0 Å². The van der Waals surface area contributed by atoms with Gasteiger partial charge in [-0.25, -0.2) is 38.5 Å². The second-order valence-corrected chi connectivity index (χ2v) is 23.1. The highest BCUT2D eigenvalue weighted by molar-refractivity contribution is 8.77. The first-order valence-electron chi connectivity index (χ1n) is 21.9. The molecule has 30 nitrogen and oxygen atoms in total. The molecule has 0 aliphatic carbocycles. The molecule has 0 spiro atoms. The van der Waals surface area contributed by atoms with Crippen LogP contribution in [-0.2, 0) is 62.5 Å². The van der Waals surface area contributed by atoms with E-state index < -0.39 is 108 Å². The van der Waals surface area contributed by atoms with E-state index in [0.29, 0.717) is 24.1 Å². The fourth-order valence-electron chi connectivity index (χ4n) is 7.51. The number of phosphoric acid groups is 2. The molecule has 73 heavy (non-hydrogen) atoms.